The molecular formula is C17H36N2O3. The van der Waals surface area contributed by atoms with Gasteiger partial charge in [0.15, 0.2) is 0 Å². The summed E-state index contributed by atoms with van der Waals surface area (Å²) in [5, 5.41) is 16.0. The molecule has 22 heavy (non-hydrogen) atoms. The zero-order valence-corrected chi connectivity index (χ0v) is 15.5. The Hall–Kier alpha value is -0.810. The van der Waals surface area contributed by atoms with Crippen LogP contribution in [0.1, 0.15) is 61.3 Å². The van der Waals surface area contributed by atoms with E-state index in [1.807, 2.05) is 20.8 Å². The lowest BCUT2D eigenvalue weighted by molar-refractivity contribution is 0.0515. The van der Waals surface area contributed by atoms with Gasteiger partial charge in [-0.3, -0.25) is 0 Å². The second-order valence-electron chi connectivity index (χ2n) is 7.48. The molecule has 0 aliphatic heterocycles. The summed E-state index contributed by atoms with van der Waals surface area (Å²) in [4.78, 5) is 11.8. The number of hydrogen-bond donors (Lipinski definition) is 3. The van der Waals surface area contributed by atoms with Gasteiger partial charge in [0.25, 0.3) is 0 Å². The van der Waals surface area contributed by atoms with Crippen molar-refractivity contribution in [2.75, 3.05) is 19.7 Å². The van der Waals surface area contributed by atoms with Gasteiger partial charge in [-0.05, 0) is 39.5 Å². The fourth-order valence-electron chi connectivity index (χ4n) is 2.18. The van der Waals surface area contributed by atoms with Crippen molar-refractivity contribution in [2.45, 2.75) is 73.0 Å². The van der Waals surface area contributed by atoms with Crippen molar-refractivity contribution in [1.29, 1.82) is 0 Å². The van der Waals surface area contributed by atoms with Crippen molar-refractivity contribution < 1.29 is 14.6 Å². The van der Waals surface area contributed by atoms with Crippen LogP contribution in [0.4, 0.5) is 4.79 Å². The molecule has 0 saturated heterocycles. The third kappa shape index (κ3) is 7.99. The smallest absolute Gasteiger partial charge is 0.407 e. The topological polar surface area (TPSA) is 70.6 Å². The van der Waals surface area contributed by atoms with Crippen LogP contribution in [0.2, 0.25) is 0 Å². The number of nitrogens with one attached hydrogen (secondary N) is 2. The summed E-state index contributed by atoms with van der Waals surface area (Å²) in [6.45, 7) is 15.4. The molecule has 0 bridgehead atoms. The molecule has 0 spiro atoms. The van der Waals surface area contributed by atoms with E-state index in [-0.39, 0.29) is 24.2 Å². The van der Waals surface area contributed by atoms with Gasteiger partial charge >= 0.3 is 6.09 Å². The standard InChI is InChI=1S/C17H36N2O3/c1-8-17(9-2,12-20)11-19-14(13(3)4)10-18-15(21)22-16(5,6)7/h13-14,19-20H,8-12H2,1-7H3,(H,18,21). The Morgan fingerprint density at radius 1 is 1.18 bits per heavy atom. The highest BCUT2D eigenvalue weighted by Gasteiger charge is 2.27. The number of alkyl carbamates (subject to hydrolysis) is 1. The molecule has 0 aliphatic carbocycles. The van der Waals surface area contributed by atoms with E-state index >= 15 is 0 Å². The highest BCUT2D eigenvalue weighted by Crippen LogP contribution is 2.24. The van der Waals surface area contributed by atoms with Gasteiger partial charge in [-0.2, -0.15) is 0 Å². The quantitative estimate of drug-likeness (QED) is 0.612. The Labute approximate surface area is 136 Å². The average molecular weight is 316 g/mol. The highest BCUT2D eigenvalue weighted by molar-refractivity contribution is 5.67. The number of hydrogen-bond acceptors (Lipinski definition) is 4. The molecule has 5 heteroatoms. The minimum Gasteiger partial charge on any atom is -0.444 e. The number of ether oxygens (including phenoxy) is 1. The maximum absolute atomic E-state index is 11.8. The summed E-state index contributed by atoms with van der Waals surface area (Å²) in [5.74, 6) is 0.375. The summed E-state index contributed by atoms with van der Waals surface area (Å²) >= 11 is 0. The first kappa shape index (κ1) is 21.2. The van der Waals surface area contributed by atoms with Crippen LogP contribution in [-0.2, 0) is 4.74 Å². The van der Waals surface area contributed by atoms with Crippen molar-refractivity contribution in [3.8, 4) is 0 Å². The zero-order chi connectivity index (χ0) is 17.4. The molecule has 0 rings (SSSR count). The largest absolute Gasteiger partial charge is 0.444 e. The maximum atomic E-state index is 11.8. The fourth-order valence-corrected chi connectivity index (χ4v) is 2.18. The Kier molecular flexibility index (Phi) is 9.01. The summed E-state index contributed by atoms with van der Waals surface area (Å²) in [6.07, 6.45) is 1.47. The van der Waals surface area contributed by atoms with Crippen LogP contribution < -0.4 is 10.6 Å². The molecule has 0 heterocycles. The Bertz CT molecular complexity index is 312. The minimum absolute atomic E-state index is 0.0843. The van der Waals surface area contributed by atoms with E-state index in [1.54, 1.807) is 0 Å². The summed E-state index contributed by atoms with van der Waals surface area (Å²) in [5.41, 5.74) is -0.569. The summed E-state index contributed by atoms with van der Waals surface area (Å²) < 4.78 is 5.26. The van der Waals surface area contributed by atoms with Crippen LogP contribution in [0.15, 0.2) is 0 Å². The Morgan fingerprint density at radius 3 is 2.09 bits per heavy atom. The Balaban J connectivity index is 4.47. The van der Waals surface area contributed by atoms with Gasteiger partial charge in [-0.25, -0.2) is 4.79 Å². The predicted molar refractivity (Wildman–Crippen MR) is 91.0 cm³/mol. The minimum atomic E-state index is -0.485. The second-order valence-corrected chi connectivity index (χ2v) is 7.48. The van der Waals surface area contributed by atoms with Crippen LogP contribution in [0, 0.1) is 11.3 Å². The molecule has 0 aromatic heterocycles. The van der Waals surface area contributed by atoms with E-state index < -0.39 is 5.60 Å². The Morgan fingerprint density at radius 2 is 1.73 bits per heavy atom. The first-order valence-electron chi connectivity index (χ1n) is 8.40. The van der Waals surface area contributed by atoms with E-state index in [2.05, 4.69) is 38.3 Å². The third-order valence-corrected chi connectivity index (χ3v) is 4.24. The van der Waals surface area contributed by atoms with Gasteiger partial charge < -0.3 is 20.5 Å². The van der Waals surface area contributed by atoms with Crippen LogP contribution in [0.25, 0.3) is 0 Å². The predicted octanol–water partition coefficient (Wildman–Crippen LogP) is 2.92. The number of carbonyl (C=O) groups excluding carboxylic acids is 1. The molecule has 1 unspecified atom stereocenters. The fraction of sp³-hybridized carbons (Fsp3) is 0.941. The third-order valence-electron chi connectivity index (χ3n) is 4.24. The molecule has 0 aromatic carbocycles. The lowest BCUT2D eigenvalue weighted by atomic mass is 9.82. The van der Waals surface area contributed by atoms with E-state index in [1.165, 1.54) is 0 Å². The molecule has 5 nitrogen and oxygen atoms in total. The molecular weight excluding hydrogens is 280 g/mol. The molecule has 3 N–H and O–H groups in total. The lowest BCUT2D eigenvalue weighted by Gasteiger charge is -2.33. The number of aliphatic hydroxyl groups excluding tert-OH is 1. The molecule has 0 saturated carbocycles. The molecule has 0 fully saturated rings. The van der Waals surface area contributed by atoms with E-state index in [4.69, 9.17) is 4.74 Å². The summed E-state index contributed by atoms with van der Waals surface area (Å²) in [7, 11) is 0. The average Bonchev–Trinajstić information content (AvgIpc) is 2.41. The zero-order valence-electron chi connectivity index (χ0n) is 15.5. The lowest BCUT2D eigenvalue weighted by Crippen LogP contribution is -2.49. The molecule has 132 valence electrons. The molecule has 1 atom stereocenters. The summed E-state index contributed by atoms with van der Waals surface area (Å²) in [6, 6.07) is 0.150. The monoisotopic (exact) mass is 316 g/mol. The number of amides is 1. The molecule has 0 aromatic rings. The van der Waals surface area contributed by atoms with Crippen molar-refractivity contribution in [3.05, 3.63) is 0 Å². The first-order chi connectivity index (χ1) is 10.1. The van der Waals surface area contributed by atoms with Gasteiger partial charge in [0, 0.05) is 31.2 Å². The van der Waals surface area contributed by atoms with Gasteiger partial charge in [-0.15, -0.1) is 0 Å². The van der Waals surface area contributed by atoms with Gasteiger partial charge in [0.2, 0.25) is 0 Å². The normalized spacial score (nSPS) is 14.0. The van der Waals surface area contributed by atoms with Crippen molar-refractivity contribution >= 4 is 6.09 Å². The van der Waals surface area contributed by atoms with Crippen molar-refractivity contribution in [3.63, 3.8) is 0 Å². The molecule has 0 radical (unpaired) electrons. The second kappa shape index (κ2) is 9.36. The van der Waals surface area contributed by atoms with Gasteiger partial charge in [0.05, 0.1) is 0 Å². The number of rotatable bonds is 9. The maximum Gasteiger partial charge on any atom is 0.407 e. The SMILES string of the molecule is CCC(CC)(CO)CNC(CNC(=O)OC(C)(C)C)C(C)C. The van der Waals surface area contributed by atoms with E-state index in [0.717, 1.165) is 19.4 Å². The van der Waals surface area contributed by atoms with Crippen LogP contribution >= 0.6 is 0 Å². The van der Waals surface area contributed by atoms with Crippen molar-refractivity contribution in [2.24, 2.45) is 11.3 Å². The van der Waals surface area contributed by atoms with Gasteiger partial charge in [-0.1, -0.05) is 27.7 Å². The number of carbonyl (C=O) groups is 1. The first-order valence-corrected chi connectivity index (χ1v) is 8.40. The van der Waals surface area contributed by atoms with Gasteiger partial charge in [0.1, 0.15) is 5.60 Å². The van der Waals surface area contributed by atoms with E-state index in [9.17, 15) is 9.90 Å². The molecule has 0 aliphatic rings. The van der Waals surface area contributed by atoms with Crippen LogP contribution in [-0.4, -0.2) is 42.5 Å². The molecule has 1 amide bonds. The van der Waals surface area contributed by atoms with Crippen LogP contribution in [0.3, 0.4) is 0 Å². The number of aliphatic hydroxyl groups is 1. The van der Waals surface area contributed by atoms with Crippen LogP contribution in [0.5, 0.6) is 0 Å². The highest BCUT2D eigenvalue weighted by atomic mass is 16.6. The van der Waals surface area contributed by atoms with Crippen molar-refractivity contribution in [1.82, 2.24) is 10.6 Å². The van der Waals surface area contributed by atoms with E-state index in [0.29, 0.717) is 12.5 Å².